The van der Waals surface area contributed by atoms with Crippen molar-refractivity contribution in [2.24, 2.45) is 0 Å². The van der Waals surface area contributed by atoms with Crippen LogP contribution in [-0.4, -0.2) is 33.8 Å². The molecule has 1 aromatic heterocycles. The van der Waals surface area contributed by atoms with Gasteiger partial charge in [0.25, 0.3) is 5.56 Å². The number of nitrogens with one attached hydrogen (secondary N) is 1. The third kappa shape index (κ3) is 3.13. The number of hydrogen-bond acceptors (Lipinski definition) is 4. The van der Waals surface area contributed by atoms with E-state index < -0.39 is 17.1 Å². The Hall–Kier alpha value is -1.69. The molecule has 0 aliphatic rings. The van der Waals surface area contributed by atoms with Crippen molar-refractivity contribution in [3.63, 3.8) is 0 Å². The molecule has 0 atom stereocenters. The Morgan fingerprint density at radius 2 is 2.12 bits per heavy atom. The van der Waals surface area contributed by atoms with Crippen LogP contribution in [0.2, 0.25) is 0 Å². The average molecular weight is 240 g/mol. The number of carboxylic acid groups (broad SMARTS) is 1. The molecule has 0 fully saturated rings. The van der Waals surface area contributed by atoms with E-state index in [1.807, 2.05) is 13.8 Å². The molecule has 6 heteroatoms. The summed E-state index contributed by atoms with van der Waals surface area (Å²) in [6.45, 7) is 5.21. The molecule has 0 radical (unpaired) electrons. The van der Waals surface area contributed by atoms with E-state index in [0.29, 0.717) is 12.2 Å². The Balaban J connectivity index is 3.16. The van der Waals surface area contributed by atoms with E-state index in [9.17, 15) is 9.59 Å². The number of nitrogens with zero attached hydrogens (tertiary/aromatic N) is 1. The molecule has 17 heavy (non-hydrogen) atoms. The lowest BCUT2D eigenvalue weighted by Crippen LogP contribution is -2.30. The lowest BCUT2D eigenvalue weighted by molar-refractivity contribution is 0.0215. The summed E-state index contributed by atoms with van der Waals surface area (Å²) in [5.41, 5.74) is -1.20. The molecule has 0 aliphatic carbocycles. The van der Waals surface area contributed by atoms with Gasteiger partial charge in [0, 0.05) is 13.5 Å². The molecule has 1 heterocycles. The van der Waals surface area contributed by atoms with Crippen LogP contribution in [0.25, 0.3) is 0 Å². The second-order valence-corrected chi connectivity index (χ2v) is 4.42. The third-order valence-corrected chi connectivity index (χ3v) is 2.51. The van der Waals surface area contributed by atoms with Crippen LogP contribution >= 0.6 is 0 Å². The number of H-pyrrole nitrogens is 1. The molecule has 0 aromatic carbocycles. The van der Waals surface area contributed by atoms with Crippen molar-refractivity contribution in [1.82, 2.24) is 9.97 Å². The van der Waals surface area contributed by atoms with Gasteiger partial charge in [0.2, 0.25) is 0 Å². The minimum absolute atomic E-state index is 0.211. The standard InChI is InChI=1S/C11H16N2O4/c1-6-8(10(15)16)9(14)13-7(12-6)5-11(2,3)17-4/h5H2,1-4H3,(H,15,16)(H,12,13,14). The number of aromatic carboxylic acids is 1. The van der Waals surface area contributed by atoms with Gasteiger partial charge in [-0.25, -0.2) is 9.78 Å². The maximum absolute atomic E-state index is 11.6. The molecule has 6 nitrogen and oxygen atoms in total. The van der Waals surface area contributed by atoms with Crippen molar-refractivity contribution in [1.29, 1.82) is 0 Å². The first-order chi connectivity index (χ1) is 7.76. The fraction of sp³-hybridized carbons (Fsp3) is 0.545. The SMILES string of the molecule is COC(C)(C)Cc1nc(C)c(C(=O)O)c(=O)[nH]1. The molecule has 0 bridgehead atoms. The highest BCUT2D eigenvalue weighted by molar-refractivity contribution is 5.88. The summed E-state index contributed by atoms with van der Waals surface area (Å²) < 4.78 is 5.22. The van der Waals surface area contributed by atoms with E-state index in [2.05, 4.69) is 9.97 Å². The first-order valence-electron chi connectivity index (χ1n) is 5.15. The minimum atomic E-state index is -1.27. The van der Waals surface area contributed by atoms with Crippen LogP contribution in [0, 0.1) is 6.92 Å². The van der Waals surface area contributed by atoms with Crippen LogP contribution in [-0.2, 0) is 11.2 Å². The molecule has 0 unspecified atom stereocenters. The molecule has 0 amide bonds. The van der Waals surface area contributed by atoms with Crippen LogP contribution in [0.15, 0.2) is 4.79 Å². The molecule has 1 rings (SSSR count). The van der Waals surface area contributed by atoms with E-state index in [4.69, 9.17) is 9.84 Å². The number of carbonyl (C=O) groups is 1. The topological polar surface area (TPSA) is 92.3 Å². The number of rotatable bonds is 4. The summed E-state index contributed by atoms with van der Waals surface area (Å²) in [6, 6.07) is 0. The summed E-state index contributed by atoms with van der Waals surface area (Å²) >= 11 is 0. The van der Waals surface area contributed by atoms with Gasteiger partial charge in [-0.3, -0.25) is 4.79 Å². The fourth-order valence-corrected chi connectivity index (χ4v) is 1.46. The van der Waals surface area contributed by atoms with Gasteiger partial charge in [-0.2, -0.15) is 0 Å². The lowest BCUT2D eigenvalue weighted by atomic mass is 10.0. The summed E-state index contributed by atoms with van der Waals surface area (Å²) in [5.74, 6) is -0.849. The van der Waals surface area contributed by atoms with Crippen molar-refractivity contribution in [2.45, 2.75) is 32.8 Å². The number of hydrogen-bond donors (Lipinski definition) is 2. The minimum Gasteiger partial charge on any atom is -0.477 e. The second-order valence-electron chi connectivity index (χ2n) is 4.42. The smallest absolute Gasteiger partial charge is 0.343 e. The first kappa shape index (κ1) is 13.4. The maximum atomic E-state index is 11.6. The zero-order valence-corrected chi connectivity index (χ0v) is 10.3. The average Bonchev–Trinajstić information content (AvgIpc) is 2.14. The van der Waals surface area contributed by atoms with E-state index in [1.165, 1.54) is 6.92 Å². The van der Waals surface area contributed by atoms with Gasteiger partial charge in [0.05, 0.1) is 11.3 Å². The summed E-state index contributed by atoms with van der Waals surface area (Å²) in [4.78, 5) is 28.9. The zero-order chi connectivity index (χ0) is 13.2. The summed E-state index contributed by atoms with van der Waals surface area (Å²) in [7, 11) is 1.57. The number of aryl methyl sites for hydroxylation is 1. The monoisotopic (exact) mass is 240 g/mol. The molecule has 0 spiro atoms. The maximum Gasteiger partial charge on any atom is 0.343 e. The van der Waals surface area contributed by atoms with Gasteiger partial charge in [-0.05, 0) is 20.8 Å². The molecule has 0 saturated heterocycles. The molecule has 94 valence electrons. The van der Waals surface area contributed by atoms with E-state index in [0.717, 1.165) is 0 Å². The van der Waals surface area contributed by atoms with Gasteiger partial charge in [0.1, 0.15) is 11.4 Å². The van der Waals surface area contributed by atoms with E-state index in [-0.39, 0.29) is 11.3 Å². The van der Waals surface area contributed by atoms with Gasteiger partial charge in [-0.1, -0.05) is 0 Å². The largest absolute Gasteiger partial charge is 0.477 e. The quantitative estimate of drug-likeness (QED) is 0.810. The van der Waals surface area contributed by atoms with Crippen LogP contribution in [0.4, 0.5) is 0 Å². The van der Waals surface area contributed by atoms with Crippen LogP contribution < -0.4 is 5.56 Å². The highest BCUT2D eigenvalue weighted by Crippen LogP contribution is 2.13. The van der Waals surface area contributed by atoms with E-state index in [1.54, 1.807) is 7.11 Å². The van der Waals surface area contributed by atoms with Crippen LogP contribution in [0.3, 0.4) is 0 Å². The van der Waals surface area contributed by atoms with Gasteiger partial charge < -0.3 is 14.8 Å². The lowest BCUT2D eigenvalue weighted by Gasteiger charge is -2.22. The molecule has 0 aliphatic heterocycles. The van der Waals surface area contributed by atoms with E-state index >= 15 is 0 Å². The van der Waals surface area contributed by atoms with Crippen molar-refractivity contribution in [2.75, 3.05) is 7.11 Å². The number of carboxylic acids is 1. The summed E-state index contributed by atoms with van der Waals surface area (Å²) in [6.07, 6.45) is 0.402. The first-order valence-corrected chi connectivity index (χ1v) is 5.15. The molecule has 0 saturated carbocycles. The molecule has 2 N–H and O–H groups in total. The van der Waals surface area contributed by atoms with Gasteiger partial charge in [-0.15, -0.1) is 0 Å². The Morgan fingerprint density at radius 3 is 2.53 bits per heavy atom. The third-order valence-electron chi connectivity index (χ3n) is 2.51. The van der Waals surface area contributed by atoms with Crippen LogP contribution in [0.1, 0.15) is 35.7 Å². The Kier molecular flexibility index (Phi) is 3.67. The summed E-state index contributed by atoms with van der Waals surface area (Å²) in [5, 5.41) is 8.83. The number of ether oxygens (including phenoxy) is 1. The number of aromatic amines is 1. The number of methoxy groups -OCH3 is 1. The van der Waals surface area contributed by atoms with Crippen molar-refractivity contribution in [3.8, 4) is 0 Å². The van der Waals surface area contributed by atoms with Crippen LogP contribution in [0.5, 0.6) is 0 Å². The zero-order valence-electron chi connectivity index (χ0n) is 10.3. The van der Waals surface area contributed by atoms with Crippen molar-refractivity contribution < 1.29 is 14.6 Å². The van der Waals surface area contributed by atoms with Gasteiger partial charge >= 0.3 is 5.97 Å². The van der Waals surface area contributed by atoms with Crippen molar-refractivity contribution >= 4 is 5.97 Å². The van der Waals surface area contributed by atoms with Gasteiger partial charge in [0.15, 0.2) is 0 Å². The predicted octanol–water partition coefficient (Wildman–Crippen LogP) is 0.744. The number of aromatic nitrogens is 2. The highest BCUT2D eigenvalue weighted by atomic mass is 16.5. The molecule has 1 aromatic rings. The highest BCUT2D eigenvalue weighted by Gasteiger charge is 2.21. The Bertz CT molecular complexity index is 491. The molecular formula is C11H16N2O4. The molecular weight excluding hydrogens is 224 g/mol. The normalized spacial score (nSPS) is 11.5. The second kappa shape index (κ2) is 4.67. The predicted molar refractivity (Wildman–Crippen MR) is 61.3 cm³/mol. The fourth-order valence-electron chi connectivity index (χ4n) is 1.46. The Morgan fingerprint density at radius 1 is 1.53 bits per heavy atom. The van der Waals surface area contributed by atoms with Crippen molar-refractivity contribution in [3.05, 3.63) is 27.4 Å². The Labute approximate surface area is 98.7 Å².